The van der Waals surface area contributed by atoms with Crippen LogP contribution in [0.2, 0.25) is 0 Å². The first-order valence-corrected chi connectivity index (χ1v) is 9.46. The predicted molar refractivity (Wildman–Crippen MR) is 93.4 cm³/mol. The van der Waals surface area contributed by atoms with Gasteiger partial charge in [-0.15, -0.1) is 0 Å². The molecule has 1 aromatic carbocycles. The first-order chi connectivity index (χ1) is 12.6. The summed E-state index contributed by atoms with van der Waals surface area (Å²) in [5, 5.41) is 0. The summed E-state index contributed by atoms with van der Waals surface area (Å²) in [6.07, 6.45) is 0.931. The zero-order valence-electron chi connectivity index (χ0n) is 14.3. The van der Waals surface area contributed by atoms with Crippen molar-refractivity contribution in [3.63, 3.8) is 0 Å². The van der Waals surface area contributed by atoms with Gasteiger partial charge in [0.05, 0.1) is 42.5 Å². The van der Waals surface area contributed by atoms with Crippen LogP contribution in [0.5, 0.6) is 0 Å². The molecule has 0 saturated carbocycles. The lowest BCUT2D eigenvalue weighted by Crippen LogP contribution is -2.49. The summed E-state index contributed by atoms with van der Waals surface area (Å²) in [5.74, 6) is -0.105. The van der Waals surface area contributed by atoms with Gasteiger partial charge in [-0.05, 0) is 12.5 Å². The maximum absolute atomic E-state index is 13.0. The lowest BCUT2D eigenvalue weighted by molar-refractivity contribution is -0.138. The van der Waals surface area contributed by atoms with E-state index in [2.05, 4.69) is 8.75 Å². The van der Waals surface area contributed by atoms with Crippen molar-refractivity contribution in [2.75, 3.05) is 13.2 Å². The Labute approximate surface area is 154 Å². The smallest absolute Gasteiger partial charge is 0.275 e. The van der Waals surface area contributed by atoms with Crippen LogP contribution in [-0.4, -0.2) is 55.3 Å². The van der Waals surface area contributed by atoms with E-state index in [1.165, 1.54) is 0 Å². The highest BCUT2D eigenvalue weighted by Gasteiger charge is 2.65. The minimum absolute atomic E-state index is 0.0481. The Kier molecular flexibility index (Phi) is 3.42. The number of rotatable bonds is 2. The van der Waals surface area contributed by atoms with Crippen molar-refractivity contribution in [1.29, 1.82) is 0 Å². The molecule has 4 heterocycles. The van der Waals surface area contributed by atoms with Crippen molar-refractivity contribution in [3.8, 4) is 0 Å². The summed E-state index contributed by atoms with van der Waals surface area (Å²) in [4.78, 5) is 29.5. The maximum atomic E-state index is 13.0. The minimum atomic E-state index is -0.704. The number of aryl methyl sites for hydroxylation is 1. The molecular weight excluding hydrogens is 352 g/mol. The fourth-order valence-corrected chi connectivity index (χ4v) is 5.11. The van der Waals surface area contributed by atoms with Crippen LogP contribution in [0.15, 0.2) is 30.3 Å². The molecule has 8 heteroatoms. The minimum Gasteiger partial charge on any atom is -0.351 e. The van der Waals surface area contributed by atoms with Gasteiger partial charge >= 0.3 is 0 Å². The molecule has 2 amide bonds. The highest BCUT2D eigenvalue weighted by molar-refractivity contribution is 6.99. The number of aromatic nitrogens is 2. The summed E-state index contributed by atoms with van der Waals surface area (Å²) in [5.41, 5.74) is 1.39. The lowest BCUT2D eigenvalue weighted by atomic mass is 10.0. The highest BCUT2D eigenvalue weighted by Crippen LogP contribution is 2.51. The average molecular weight is 370 g/mol. The zero-order chi connectivity index (χ0) is 17.9. The first kappa shape index (κ1) is 15.9. The molecule has 1 spiro atoms. The second-order valence-electron chi connectivity index (χ2n) is 7.01. The van der Waals surface area contributed by atoms with Gasteiger partial charge in [-0.3, -0.25) is 9.59 Å². The van der Waals surface area contributed by atoms with Gasteiger partial charge in [-0.1, -0.05) is 30.3 Å². The van der Waals surface area contributed by atoms with Gasteiger partial charge in [0.2, 0.25) is 5.91 Å². The van der Waals surface area contributed by atoms with Crippen LogP contribution in [0.3, 0.4) is 0 Å². The van der Waals surface area contributed by atoms with Crippen LogP contribution >= 0.6 is 11.7 Å². The van der Waals surface area contributed by atoms with E-state index in [9.17, 15) is 9.59 Å². The van der Waals surface area contributed by atoms with Crippen LogP contribution in [0.4, 0.5) is 0 Å². The van der Waals surface area contributed by atoms with Crippen molar-refractivity contribution < 1.29 is 14.3 Å². The van der Waals surface area contributed by atoms with Crippen molar-refractivity contribution >= 4 is 23.5 Å². The average Bonchev–Trinajstić information content (AvgIpc) is 3.37. The molecule has 0 aliphatic carbocycles. The van der Waals surface area contributed by atoms with Crippen LogP contribution in [0.1, 0.15) is 40.6 Å². The van der Waals surface area contributed by atoms with Gasteiger partial charge in [0.15, 0.2) is 11.4 Å². The number of carbonyl (C=O) groups is 2. The van der Waals surface area contributed by atoms with Crippen molar-refractivity contribution in [2.24, 2.45) is 0 Å². The molecule has 3 aliphatic heterocycles. The van der Waals surface area contributed by atoms with E-state index < -0.39 is 5.72 Å². The van der Waals surface area contributed by atoms with E-state index in [4.69, 9.17) is 4.74 Å². The molecule has 3 atom stereocenters. The molecule has 3 saturated heterocycles. The fourth-order valence-electron chi connectivity index (χ4n) is 4.57. The first-order valence-electron chi connectivity index (χ1n) is 8.73. The lowest BCUT2D eigenvalue weighted by Gasteiger charge is -2.33. The Morgan fingerprint density at radius 1 is 1.31 bits per heavy atom. The standard InChI is InChI=1S/C18H18N4O3S/c1-11-16(20-26-19-11)17(24)21-8-7-18-14(21)9-15(23)22(18)13(10-25-18)12-5-3-2-4-6-12/h2-6,13-14H,7-10H2,1H3/t13-,14+,18-/m0/s1. The van der Waals surface area contributed by atoms with E-state index in [1.807, 2.05) is 35.2 Å². The molecule has 5 rings (SSSR count). The maximum Gasteiger partial charge on any atom is 0.275 e. The van der Waals surface area contributed by atoms with Crippen LogP contribution < -0.4 is 0 Å². The van der Waals surface area contributed by atoms with E-state index in [0.29, 0.717) is 37.4 Å². The number of hydrogen-bond donors (Lipinski definition) is 0. The van der Waals surface area contributed by atoms with Crippen molar-refractivity contribution in [1.82, 2.24) is 18.5 Å². The molecule has 3 aliphatic rings. The molecule has 1 aromatic heterocycles. The molecule has 134 valence electrons. The Balaban J connectivity index is 1.48. The summed E-state index contributed by atoms with van der Waals surface area (Å²) in [7, 11) is 0. The van der Waals surface area contributed by atoms with Gasteiger partial charge in [-0.2, -0.15) is 8.75 Å². The Bertz CT molecular complexity index is 886. The van der Waals surface area contributed by atoms with E-state index in [-0.39, 0.29) is 23.9 Å². The molecular formula is C18H18N4O3S. The summed E-state index contributed by atoms with van der Waals surface area (Å²) < 4.78 is 14.5. The second kappa shape index (κ2) is 5.59. The van der Waals surface area contributed by atoms with Gasteiger partial charge in [0, 0.05) is 13.0 Å². The summed E-state index contributed by atoms with van der Waals surface area (Å²) >= 11 is 1.04. The van der Waals surface area contributed by atoms with Crippen molar-refractivity contribution in [2.45, 2.75) is 37.6 Å². The predicted octanol–water partition coefficient (Wildman–Crippen LogP) is 1.76. The number of likely N-dealkylation sites (tertiary alicyclic amines) is 1. The quantitative estimate of drug-likeness (QED) is 0.805. The third kappa shape index (κ3) is 2.02. The third-order valence-corrected chi connectivity index (χ3v) is 6.38. The van der Waals surface area contributed by atoms with Gasteiger partial charge in [0.1, 0.15) is 0 Å². The number of hydrogen-bond acceptors (Lipinski definition) is 6. The van der Waals surface area contributed by atoms with Gasteiger partial charge in [0.25, 0.3) is 5.91 Å². The highest BCUT2D eigenvalue weighted by atomic mass is 32.1. The Hall–Kier alpha value is -2.32. The van der Waals surface area contributed by atoms with E-state index in [1.54, 1.807) is 11.8 Å². The zero-order valence-corrected chi connectivity index (χ0v) is 15.1. The summed E-state index contributed by atoms with van der Waals surface area (Å²) in [6.45, 7) is 2.81. The topological polar surface area (TPSA) is 75.6 Å². The molecule has 0 radical (unpaired) electrons. The largest absolute Gasteiger partial charge is 0.351 e. The van der Waals surface area contributed by atoms with Crippen LogP contribution in [0, 0.1) is 6.92 Å². The molecule has 0 unspecified atom stereocenters. The fraction of sp³-hybridized carbons (Fsp3) is 0.444. The van der Waals surface area contributed by atoms with Gasteiger partial charge < -0.3 is 14.5 Å². The number of carbonyl (C=O) groups excluding carboxylic acids is 2. The SMILES string of the molecule is Cc1nsnc1C(=O)N1CC[C@@]23OC[C@@H](c4ccccc4)N2C(=O)C[C@@H]13. The third-order valence-electron chi connectivity index (χ3n) is 5.76. The van der Waals surface area contributed by atoms with Crippen molar-refractivity contribution in [3.05, 3.63) is 47.3 Å². The Morgan fingerprint density at radius 3 is 2.85 bits per heavy atom. The number of amides is 2. The second-order valence-corrected chi connectivity index (χ2v) is 7.54. The summed E-state index contributed by atoms with van der Waals surface area (Å²) in [6, 6.07) is 9.60. The molecule has 26 heavy (non-hydrogen) atoms. The van der Waals surface area contributed by atoms with Crippen LogP contribution in [-0.2, 0) is 9.53 Å². The van der Waals surface area contributed by atoms with E-state index in [0.717, 1.165) is 17.3 Å². The Morgan fingerprint density at radius 2 is 2.12 bits per heavy atom. The molecule has 0 N–H and O–H groups in total. The molecule has 3 fully saturated rings. The number of benzene rings is 1. The van der Waals surface area contributed by atoms with E-state index >= 15 is 0 Å². The molecule has 2 aromatic rings. The normalized spacial score (nSPS) is 30.0. The van der Waals surface area contributed by atoms with Gasteiger partial charge in [-0.25, -0.2) is 0 Å². The number of nitrogens with zero attached hydrogens (tertiary/aromatic N) is 4. The van der Waals surface area contributed by atoms with Crippen LogP contribution in [0.25, 0.3) is 0 Å². The monoisotopic (exact) mass is 370 g/mol. The molecule has 0 bridgehead atoms. The molecule has 7 nitrogen and oxygen atoms in total. The number of ether oxygens (including phenoxy) is 1.